The number of rotatable bonds is 15. The van der Waals surface area contributed by atoms with Crippen molar-refractivity contribution in [2.24, 2.45) is 17.6 Å². The Balaban J connectivity index is 5.98. The van der Waals surface area contributed by atoms with Gasteiger partial charge in [-0.25, -0.2) is 0 Å². The smallest absolute Gasteiger partial charge is 0.400 e. The Labute approximate surface area is 217 Å². The van der Waals surface area contributed by atoms with Gasteiger partial charge in [0.05, 0.1) is 25.2 Å². The fraction of sp³-hybridized carbons (Fsp3) is 0.955. The Morgan fingerprint density at radius 3 is 1.68 bits per heavy atom. The number of halogens is 9. The molecular formula is C22H35BF9NO5. The Hall–Kier alpha value is -1.10. The van der Waals surface area contributed by atoms with Crippen LogP contribution >= 0.6 is 0 Å². The third-order valence-corrected chi connectivity index (χ3v) is 6.04. The topological polar surface area (TPSA) is 91.0 Å². The molecule has 0 aromatic rings. The summed E-state index contributed by atoms with van der Waals surface area (Å²) in [7, 11) is 5.35. The molecule has 0 aliphatic carbocycles. The quantitative estimate of drug-likeness (QED) is 0.166. The third kappa shape index (κ3) is 12.0. The molecule has 0 aromatic carbocycles. The van der Waals surface area contributed by atoms with Gasteiger partial charge in [0, 0.05) is 12.1 Å². The van der Waals surface area contributed by atoms with Crippen LogP contribution in [0, 0.1) is 11.8 Å². The van der Waals surface area contributed by atoms with Gasteiger partial charge in [-0.05, 0) is 47.5 Å². The number of nitrogens with two attached hydrogens (primary N) is 1. The van der Waals surface area contributed by atoms with Crippen molar-refractivity contribution in [1.82, 2.24) is 0 Å². The highest BCUT2D eigenvalue weighted by Crippen LogP contribution is 2.42. The van der Waals surface area contributed by atoms with Crippen molar-refractivity contribution in [2.75, 3.05) is 19.8 Å². The van der Waals surface area contributed by atoms with Crippen LogP contribution in [-0.2, 0) is 19.0 Å². The lowest BCUT2D eigenvalue weighted by atomic mass is 9.81. The molecular weight excluding hydrogens is 540 g/mol. The summed E-state index contributed by atoms with van der Waals surface area (Å²) in [6.45, 7) is 2.59. The summed E-state index contributed by atoms with van der Waals surface area (Å²) in [4.78, 5) is 12.9. The molecule has 16 heteroatoms. The van der Waals surface area contributed by atoms with E-state index in [0.29, 0.717) is 6.92 Å². The molecule has 3 N–H and O–H groups in total. The number of carbonyl (C=O) groups excluding carboxylic acids is 1. The van der Waals surface area contributed by atoms with E-state index < -0.39 is 91.2 Å². The highest BCUT2D eigenvalue weighted by atomic mass is 19.4. The van der Waals surface area contributed by atoms with E-state index in [0.717, 1.165) is 20.8 Å². The molecule has 0 saturated carbocycles. The van der Waals surface area contributed by atoms with E-state index in [1.807, 2.05) is 0 Å². The average molecular weight is 575 g/mol. The van der Waals surface area contributed by atoms with Crippen molar-refractivity contribution in [3.05, 3.63) is 0 Å². The standard InChI is InChI=1S/C22H35BF9NO5/c1-7-17(4,37-11-9-20(24,25)26)13(21(27,28)29)12-38-19(6,33)14(22(30,31)32)15(34)16(2,3)36-10-8-18(5,23)35/h13-14,35H,7-12,33H2,1-6H3. The van der Waals surface area contributed by atoms with E-state index in [2.05, 4.69) is 0 Å². The number of aliphatic hydroxyl groups is 1. The van der Waals surface area contributed by atoms with Crippen LogP contribution in [0.5, 0.6) is 0 Å². The summed E-state index contributed by atoms with van der Waals surface area (Å²) in [6.07, 6.45) is -17.6. The van der Waals surface area contributed by atoms with Crippen molar-refractivity contribution in [1.29, 1.82) is 0 Å². The molecule has 0 saturated heterocycles. The van der Waals surface area contributed by atoms with Gasteiger partial charge in [-0.3, -0.25) is 4.79 Å². The lowest BCUT2D eigenvalue weighted by Crippen LogP contribution is -2.61. The molecule has 0 spiro atoms. The van der Waals surface area contributed by atoms with Gasteiger partial charge >= 0.3 is 18.5 Å². The van der Waals surface area contributed by atoms with Gasteiger partial charge in [0.1, 0.15) is 25.1 Å². The molecule has 38 heavy (non-hydrogen) atoms. The molecule has 0 aliphatic rings. The predicted octanol–water partition coefficient (Wildman–Crippen LogP) is 4.80. The van der Waals surface area contributed by atoms with E-state index in [1.54, 1.807) is 0 Å². The summed E-state index contributed by atoms with van der Waals surface area (Å²) in [5, 5.41) is 9.52. The van der Waals surface area contributed by atoms with Crippen LogP contribution in [0.3, 0.4) is 0 Å². The average Bonchev–Trinajstić information content (AvgIpc) is 2.63. The summed E-state index contributed by atoms with van der Waals surface area (Å²) in [6, 6.07) is 0. The first-order valence-corrected chi connectivity index (χ1v) is 11.6. The Morgan fingerprint density at radius 1 is 0.842 bits per heavy atom. The monoisotopic (exact) mass is 575 g/mol. The van der Waals surface area contributed by atoms with Crippen LogP contribution in [0.25, 0.3) is 0 Å². The predicted molar refractivity (Wildman–Crippen MR) is 119 cm³/mol. The van der Waals surface area contributed by atoms with Crippen LogP contribution in [0.15, 0.2) is 0 Å². The molecule has 224 valence electrons. The van der Waals surface area contributed by atoms with Gasteiger partial charge in [0.2, 0.25) is 0 Å². The number of carbonyl (C=O) groups is 1. The molecule has 0 amide bonds. The second-order valence-electron chi connectivity index (χ2n) is 10.3. The minimum Gasteiger partial charge on any atom is -0.400 e. The molecule has 5 unspecified atom stereocenters. The number of alkyl halides is 9. The van der Waals surface area contributed by atoms with Crippen LogP contribution < -0.4 is 5.73 Å². The first-order chi connectivity index (χ1) is 16.6. The Morgan fingerprint density at radius 2 is 1.32 bits per heavy atom. The SMILES string of the molecule is [B]C(C)(O)CCOC(C)(C)C(=O)C(C(F)(F)F)C(C)(N)OCC(C(F)(F)F)C(C)(CC)OCCC(F)(F)F. The molecule has 0 aromatic heterocycles. The molecule has 0 rings (SSSR count). The fourth-order valence-corrected chi connectivity index (χ4v) is 3.48. The highest BCUT2D eigenvalue weighted by molar-refractivity contribution is 6.13. The summed E-state index contributed by atoms with van der Waals surface area (Å²) in [5.74, 6) is -7.54. The first kappa shape index (κ1) is 36.9. The third-order valence-electron chi connectivity index (χ3n) is 6.04. The largest absolute Gasteiger partial charge is 0.402 e. The zero-order chi connectivity index (χ0) is 30.6. The molecule has 2 radical (unpaired) electrons. The highest BCUT2D eigenvalue weighted by Gasteiger charge is 2.60. The van der Waals surface area contributed by atoms with E-state index in [4.69, 9.17) is 27.8 Å². The lowest BCUT2D eigenvalue weighted by molar-refractivity contribution is -0.274. The van der Waals surface area contributed by atoms with Gasteiger partial charge in [-0.15, -0.1) is 0 Å². The van der Waals surface area contributed by atoms with E-state index >= 15 is 0 Å². The van der Waals surface area contributed by atoms with Crippen molar-refractivity contribution < 1.29 is 63.6 Å². The summed E-state index contributed by atoms with van der Waals surface area (Å²) >= 11 is 0. The zero-order valence-corrected chi connectivity index (χ0v) is 22.0. The second-order valence-corrected chi connectivity index (χ2v) is 10.3. The molecule has 6 nitrogen and oxygen atoms in total. The molecule has 0 heterocycles. The molecule has 5 atom stereocenters. The van der Waals surface area contributed by atoms with Crippen LogP contribution in [0.2, 0.25) is 0 Å². The van der Waals surface area contributed by atoms with Gasteiger partial charge in [-0.1, -0.05) is 6.92 Å². The number of Topliss-reactive ketones (excluding diaryl/α,β-unsaturated/α-hetero) is 1. The Kier molecular flexibility index (Phi) is 12.2. The van der Waals surface area contributed by atoms with E-state index in [9.17, 15) is 49.4 Å². The Bertz CT molecular complexity index is 764. The summed E-state index contributed by atoms with van der Waals surface area (Å²) < 4.78 is 136. The number of ketones is 1. The maximum atomic E-state index is 14.0. The minimum atomic E-state index is -5.40. The lowest BCUT2D eigenvalue weighted by Gasteiger charge is -2.42. The van der Waals surface area contributed by atoms with Crippen LogP contribution in [0.4, 0.5) is 39.5 Å². The van der Waals surface area contributed by atoms with Gasteiger partial charge < -0.3 is 25.1 Å². The maximum absolute atomic E-state index is 14.0. The fourth-order valence-electron chi connectivity index (χ4n) is 3.48. The van der Waals surface area contributed by atoms with Crippen molar-refractivity contribution in [3.8, 4) is 0 Å². The maximum Gasteiger partial charge on any atom is 0.402 e. The van der Waals surface area contributed by atoms with Crippen molar-refractivity contribution in [2.45, 2.75) is 102 Å². The minimum absolute atomic E-state index is 0.270. The van der Waals surface area contributed by atoms with Crippen molar-refractivity contribution in [3.63, 3.8) is 0 Å². The molecule has 0 fully saturated rings. The van der Waals surface area contributed by atoms with E-state index in [1.165, 1.54) is 13.8 Å². The first-order valence-electron chi connectivity index (χ1n) is 11.6. The number of hydrogen-bond acceptors (Lipinski definition) is 6. The normalized spacial score (nSPS) is 20.2. The van der Waals surface area contributed by atoms with E-state index in [-0.39, 0.29) is 6.42 Å². The zero-order valence-electron chi connectivity index (χ0n) is 22.0. The second kappa shape index (κ2) is 12.6. The van der Waals surface area contributed by atoms with Crippen molar-refractivity contribution >= 4 is 13.6 Å². The number of ether oxygens (including phenoxy) is 3. The van der Waals surface area contributed by atoms with Gasteiger partial charge in [-0.2, -0.15) is 39.5 Å². The van der Waals surface area contributed by atoms with Gasteiger partial charge in [0.15, 0.2) is 11.7 Å². The summed E-state index contributed by atoms with van der Waals surface area (Å²) in [5.41, 5.74) is -3.67. The molecule has 0 bridgehead atoms. The number of hydrogen-bond donors (Lipinski definition) is 2. The molecule has 0 aliphatic heterocycles. The van der Waals surface area contributed by atoms with Gasteiger partial charge in [0.25, 0.3) is 0 Å². The van der Waals surface area contributed by atoms with Crippen LogP contribution in [0.1, 0.15) is 60.8 Å². The van der Waals surface area contributed by atoms with Crippen LogP contribution in [-0.4, -0.2) is 79.5 Å².